The zero-order valence-electron chi connectivity index (χ0n) is 62.9. The molecule has 1 spiro atoms. The summed E-state index contributed by atoms with van der Waals surface area (Å²) >= 11 is 6.42. The van der Waals surface area contributed by atoms with E-state index in [4.69, 9.17) is 21.1 Å². The van der Waals surface area contributed by atoms with Crippen molar-refractivity contribution in [1.29, 1.82) is 0 Å². The average molecular weight is 1470 g/mol. The summed E-state index contributed by atoms with van der Waals surface area (Å²) in [6.45, 7) is 11.7. The van der Waals surface area contributed by atoms with Crippen LogP contribution in [-0.4, -0.2) is 289 Å². The third kappa shape index (κ3) is 22.1. The topological polar surface area (TPSA) is 289 Å². The number of carbonyl (C=O) groups is 12. The van der Waals surface area contributed by atoms with E-state index in [0.717, 1.165) is 46.8 Å². The Morgan fingerprint density at radius 1 is 0.627 bits per heavy atom. The van der Waals surface area contributed by atoms with Crippen LogP contribution in [0.1, 0.15) is 177 Å². The third-order valence-electron chi connectivity index (χ3n) is 22.2. The largest absolute Gasteiger partial charge is 0.393 e. The number of morpholine rings is 1. The molecule has 12 atom stereocenters. The summed E-state index contributed by atoms with van der Waals surface area (Å²) in [4.78, 5) is 191. The first-order valence-corrected chi connectivity index (χ1v) is 37.6. The smallest absolute Gasteiger partial charge is 0.378 e. The normalized spacial score (nSPS) is 29.5. The molecule has 3 saturated heterocycles. The van der Waals surface area contributed by atoms with Crippen LogP contribution in [-0.2, 0) is 67.0 Å². The van der Waals surface area contributed by atoms with Crippen LogP contribution in [0.5, 0.6) is 0 Å². The van der Waals surface area contributed by atoms with Crippen molar-refractivity contribution in [2.75, 3.05) is 108 Å². The summed E-state index contributed by atoms with van der Waals surface area (Å²) in [5.41, 5.74) is -1.63. The van der Waals surface area contributed by atoms with Gasteiger partial charge in [-0.25, -0.2) is 0 Å². The van der Waals surface area contributed by atoms with E-state index in [1.54, 1.807) is 13.8 Å². The zero-order valence-corrected chi connectivity index (χ0v) is 63.7. The lowest BCUT2D eigenvalue weighted by Crippen LogP contribution is -2.64. The van der Waals surface area contributed by atoms with Crippen LogP contribution >= 0.6 is 11.6 Å². The molecule has 0 aromatic rings. The molecule has 578 valence electrons. The molecule has 3 heterocycles. The number of likely N-dealkylation sites (N-methyl/N-ethyl adjacent to an activating group) is 7. The van der Waals surface area contributed by atoms with E-state index in [9.17, 15) is 46.7 Å². The molecular formula is C72H118ClF3N12O14. The Morgan fingerprint density at radius 3 is 1.81 bits per heavy atom. The van der Waals surface area contributed by atoms with Gasteiger partial charge in [0.15, 0.2) is 0 Å². The number of halogens is 4. The van der Waals surface area contributed by atoms with Crippen molar-refractivity contribution in [1.82, 2.24) is 60.0 Å². The van der Waals surface area contributed by atoms with Crippen molar-refractivity contribution in [2.24, 2.45) is 35.5 Å². The van der Waals surface area contributed by atoms with E-state index in [-0.39, 0.29) is 128 Å². The molecule has 6 aliphatic rings. The Labute approximate surface area is 606 Å². The van der Waals surface area contributed by atoms with Gasteiger partial charge in [-0.1, -0.05) is 92.9 Å². The molecule has 0 radical (unpaired) electrons. The zero-order chi connectivity index (χ0) is 75.8. The molecule has 3 N–H and O–H groups in total. The number of alkyl halides is 4. The number of nitrogens with zero attached hydrogens (tertiary/aromatic N) is 9. The van der Waals surface area contributed by atoms with Crippen LogP contribution in [0.4, 0.5) is 13.2 Å². The minimum atomic E-state index is -4.53. The minimum Gasteiger partial charge on any atom is -0.378 e. The molecule has 6 fully saturated rings. The average Bonchev–Trinajstić information content (AvgIpc) is 1.48. The molecule has 12 amide bonds. The maximum atomic E-state index is 15.6. The Bertz CT molecular complexity index is 2930. The summed E-state index contributed by atoms with van der Waals surface area (Å²) in [5.74, 6) is -11.1. The Kier molecular flexibility index (Phi) is 31.6. The Balaban J connectivity index is 1.44. The van der Waals surface area contributed by atoms with Gasteiger partial charge in [-0.15, -0.1) is 11.6 Å². The lowest BCUT2D eigenvalue weighted by molar-refractivity contribution is -0.182. The number of amides is 12. The second-order valence-corrected chi connectivity index (χ2v) is 31.3. The van der Waals surface area contributed by atoms with E-state index in [0.29, 0.717) is 19.3 Å². The van der Waals surface area contributed by atoms with Gasteiger partial charge in [0.2, 0.25) is 70.9 Å². The fraction of sp³-hybridized carbons (Fsp3) is 0.833. The predicted molar refractivity (Wildman–Crippen MR) is 375 cm³/mol. The van der Waals surface area contributed by atoms with E-state index < -0.39 is 180 Å². The van der Waals surface area contributed by atoms with Gasteiger partial charge in [0.1, 0.15) is 47.8 Å². The number of ether oxygens (including phenoxy) is 2. The molecule has 3 saturated carbocycles. The van der Waals surface area contributed by atoms with Crippen molar-refractivity contribution in [3.8, 4) is 0 Å². The van der Waals surface area contributed by atoms with Gasteiger partial charge < -0.3 is 69.5 Å². The maximum Gasteiger partial charge on any atom is 0.393 e. The van der Waals surface area contributed by atoms with Crippen molar-refractivity contribution >= 4 is 82.5 Å². The number of nitrogens with one attached hydrogen (secondary N) is 3. The summed E-state index contributed by atoms with van der Waals surface area (Å²) in [5, 5.41) is 7.52. The standard InChI is InChI=1S/C72H118ClF3N12O14/c1-15-46(7)62-69(99)82(10)42-60(91)80(8)43-61(92)84(12)56(37-47-22-18-17-19-23-47)66(96)81(9)41-58(89)77-52(27-25-48-24-26-50(51(73)36-48)72(74,75)76)65(95)88-40-49(102-16-2)38-54(88)64(94)79-71(28-20-21-29-71)70(100)86(14)55(35-45(5)6)67(97)85(13)57(68(98)87-30-32-101-33-31-87)39-59(90)83(11)53(34-44(3)4)63(93)78-62/h44-57,62H,15-43H2,1-14H3,(H,77,89)(H,78,93)(H,79,94)/t46-,48?,49+,50?,51?,52-,53-,54-,55-,56-,57-,62-/m0/s1. The molecule has 0 aromatic carbocycles. The molecule has 0 bridgehead atoms. The van der Waals surface area contributed by atoms with Crippen LogP contribution in [0, 0.1) is 35.5 Å². The molecule has 30 heteroatoms. The summed E-state index contributed by atoms with van der Waals surface area (Å²) in [6, 6.07) is -9.02. The molecule has 3 unspecified atom stereocenters. The molecule has 3 aliphatic heterocycles. The number of fused-ring (bicyclic) bond motifs is 1. The SMILES string of the molecule is CCO[C@@H]1C[C@H]2C(=O)NC3(CCCC3)C(=O)N(C)[C@@H](CC(C)C)C(=O)N(C)[C@H](C(=O)N3CCOCC3)CC(=O)N(C)[C@@H](CC(C)C)C(=O)N[C@@H]([C@@H](C)CC)C(=O)N(C)CC(=O)N(C)CC(=O)N(C)[C@@H](CC3CCCCC3)C(=O)N(C)CC(=O)N[C@@H](CCC3CCC(C(F)(F)F)C(Cl)C3)C(=O)N2C1. The van der Waals surface area contributed by atoms with Crippen molar-refractivity contribution < 1.29 is 80.2 Å². The summed E-state index contributed by atoms with van der Waals surface area (Å²) in [7, 11) is 9.84. The Hall–Kier alpha value is -6.36. The van der Waals surface area contributed by atoms with Crippen LogP contribution in [0.25, 0.3) is 0 Å². The van der Waals surface area contributed by atoms with Crippen molar-refractivity contribution in [3.05, 3.63) is 0 Å². The highest BCUT2D eigenvalue weighted by Crippen LogP contribution is 2.44. The van der Waals surface area contributed by atoms with Gasteiger partial charge in [0, 0.05) is 87.4 Å². The van der Waals surface area contributed by atoms with E-state index >= 15 is 24.0 Å². The molecular weight excluding hydrogens is 1350 g/mol. The van der Waals surface area contributed by atoms with Crippen molar-refractivity contribution in [3.63, 3.8) is 0 Å². The number of rotatable bonds is 14. The molecule has 26 nitrogen and oxygen atoms in total. The van der Waals surface area contributed by atoms with Gasteiger partial charge in [-0.05, 0) is 101 Å². The molecule has 6 rings (SSSR count). The second kappa shape index (κ2) is 38.1. The third-order valence-corrected chi connectivity index (χ3v) is 22.7. The van der Waals surface area contributed by atoms with Gasteiger partial charge >= 0.3 is 6.18 Å². The fourth-order valence-electron chi connectivity index (χ4n) is 15.6. The van der Waals surface area contributed by atoms with Crippen LogP contribution in [0.3, 0.4) is 0 Å². The van der Waals surface area contributed by atoms with E-state index in [2.05, 4.69) is 16.0 Å². The van der Waals surface area contributed by atoms with Gasteiger partial charge in [0.25, 0.3) is 0 Å². The molecule has 0 aromatic heterocycles. The number of hydrogen-bond donors (Lipinski definition) is 3. The maximum absolute atomic E-state index is 15.6. The first kappa shape index (κ1) is 84.6. The van der Waals surface area contributed by atoms with Crippen LogP contribution < -0.4 is 16.0 Å². The Morgan fingerprint density at radius 2 is 1.23 bits per heavy atom. The van der Waals surface area contributed by atoms with Gasteiger partial charge in [0.05, 0.1) is 51.3 Å². The van der Waals surface area contributed by atoms with Crippen LogP contribution in [0.15, 0.2) is 0 Å². The lowest BCUT2D eigenvalue weighted by atomic mass is 9.78. The molecule has 3 aliphatic carbocycles. The monoisotopic (exact) mass is 1470 g/mol. The van der Waals surface area contributed by atoms with E-state index in [1.165, 1.54) is 78.7 Å². The van der Waals surface area contributed by atoms with Gasteiger partial charge in [-0.3, -0.25) is 57.5 Å². The number of hydrogen-bond acceptors (Lipinski definition) is 14. The minimum absolute atomic E-state index is 0.0154. The first-order chi connectivity index (χ1) is 47.9. The molecule has 102 heavy (non-hydrogen) atoms. The van der Waals surface area contributed by atoms with E-state index in [1.807, 2.05) is 34.6 Å². The lowest BCUT2D eigenvalue weighted by Gasteiger charge is -2.41. The summed E-state index contributed by atoms with van der Waals surface area (Å²) < 4.78 is 53.9. The fourth-order valence-corrected chi connectivity index (χ4v) is 16.1. The second-order valence-electron chi connectivity index (χ2n) is 30.7. The highest BCUT2D eigenvalue weighted by molar-refractivity contribution is 6.21. The van der Waals surface area contributed by atoms with Gasteiger partial charge in [-0.2, -0.15) is 13.2 Å². The number of carbonyl (C=O) groups excluding carboxylic acids is 12. The quantitative estimate of drug-likeness (QED) is 0.197. The van der Waals surface area contributed by atoms with Crippen LogP contribution in [0.2, 0.25) is 0 Å². The highest BCUT2D eigenvalue weighted by Gasteiger charge is 2.52. The van der Waals surface area contributed by atoms with Crippen molar-refractivity contribution in [2.45, 2.75) is 242 Å². The highest BCUT2D eigenvalue weighted by atomic mass is 35.5. The first-order valence-electron chi connectivity index (χ1n) is 37.2. The predicted octanol–water partition coefficient (Wildman–Crippen LogP) is 4.81. The summed E-state index contributed by atoms with van der Waals surface area (Å²) in [6.07, 6.45) is 0.341.